The smallest absolute Gasteiger partial charge is 0.203 e. The van der Waals surface area contributed by atoms with Crippen molar-refractivity contribution in [2.24, 2.45) is 7.05 Å². The molecule has 0 aliphatic rings. The summed E-state index contributed by atoms with van der Waals surface area (Å²) < 4.78 is 7.04. The van der Waals surface area contributed by atoms with E-state index in [2.05, 4.69) is 10.4 Å². The van der Waals surface area contributed by atoms with Gasteiger partial charge in [-0.2, -0.15) is 10.4 Å². The van der Waals surface area contributed by atoms with Crippen LogP contribution in [0.3, 0.4) is 0 Å². The second-order valence-electron chi connectivity index (χ2n) is 3.83. The Morgan fingerprint density at radius 2 is 2.41 bits per heavy atom. The molecule has 5 nitrogen and oxygen atoms in total. The Bertz CT molecular complexity index is 521. The highest BCUT2D eigenvalue weighted by Crippen LogP contribution is 2.05. The van der Waals surface area contributed by atoms with Crippen LogP contribution in [-0.2, 0) is 20.0 Å². The van der Waals surface area contributed by atoms with Gasteiger partial charge in [-0.25, -0.2) is 0 Å². The molecule has 0 amide bonds. The number of aromatic nitrogens is 2. The van der Waals surface area contributed by atoms with Crippen LogP contribution in [0.4, 0.5) is 0 Å². The van der Waals surface area contributed by atoms with Gasteiger partial charge in [0.1, 0.15) is 11.8 Å². The van der Waals surface area contributed by atoms with Crippen molar-refractivity contribution in [2.45, 2.75) is 13.0 Å². The molecule has 0 aliphatic carbocycles. The van der Waals surface area contributed by atoms with Gasteiger partial charge in [-0.1, -0.05) is 0 Å². The highest BCUT2D eigenvalue weighted by molar-refractivity contribution is 5.18. The summed E-state index contributed by atoms with van der Waals surface area (Å²) in [6.07, 6.45) is 4.80. The zero-order valence-corrected chi connectivity index (χ0v) is 9.68. The van der Waals surface area contributed by atoms with Crippen LogP contribution >= 0.6 is 0 Å². The minimum absolute atomic E-state index is 0.356. The molecule has 0 unspecified atom stereocenters. The molecule has 0 spiro atoms. The number of nitrogens with zero attached hydrogens (tertiary/aromatic N) is 3. The van der Waals surface area contributed by atoms with Crippen LogP contribution in [0.15, 0.2) is 28.9 Å². The van der Waals surface area contributed by atoms with Crippen molar-refractivity contribution in [1.29, 1.82) is 5.26 Å². The summed E-state index contributed by atoms with van der Waals surface area (Å²) in [5.74, 6) is 1.14. The van der Waals surface area contributed by atoms with Crippen molar-refractivity contribution >= 4 is 0 Å². The topological polar surface area (TPSA) is 66.8 Å². The lowest BCUT2D eigenvalue weighted by Gasteiger charge is -2.00. The van der Waals surface area contributed by atoms with Gasteiger partial charge in [0.25, 0.3) is 0 Å². The van der Waals surface area contributed by atoms with Crippen LogP contribution < -0.4 is 5.32 Å². The van der Waals surface area contributed by atoms with Crippen molar-refractivity contribution in [3.63, 3.8) is 0 Å². The van der Waals surface area contributed by atoms with Crippen LogP contribution in [0, 0.1) is 11.3 Å². The first-order valence-corrected chi connectivity index (χ1v) is 5.45. The third-order valence-electron chi connectivity index (χ3n) is 2.42. The van der Waals surface area contributed by atoms with Gasteiger partial charge in [-0.3, -0.25) is 4.68 Å². The van der Waals surface area contributed by atoms with Crippen LogP contribution in [0.25, 0.3) is 0 Å². The molecule has 5 heteroatoms. The van der Waals surface area contributed by atoms with E-state index in [4.69, 9.17) is 9.68 Å². The van der Waals surface area contributed by atoms with E-state index in [-0.39, 0.29) is 0 Å². The van der Waals surface area contributed by atoms with Crippen LogP contribution in [0.2, 0.25) is 0 Å². The first-order chi connectivity index (χ1) is 8.28. The number of hydrogen-bond donors (Lipinski definition) is 1. The van der Waals surface area contributed by atoms with Gasteiger partial charge in [0, 0.05) is 13.2 Å². The van der Waals surface area contributed by atoms with Gasteiger partial charge in [-0.15, -0.1) is 0 Å². The van der Waals surface area contributed by atoms with Gasteiger partial charge < -0.3 is 9.73 Å². The maximum absolute atomic E-state index is 8.60. The second kappa shape index (κ2) is 5.32. The molecule has 0 aromatic carbocycles. The Hall–Kier alpha value is -2.06. The molecule has 0 aliphatic heterocycles. The van der Waals surface area contributed by atoms with E-state index in [0.29, 0.717) is 12.3 Å². The molecule has 2 heterocycles. The summed E-state index contributed by atoms with van der Waals surface area (Å²) >= 11 is 0. The van der Waals surface area contributed by atoms with Crippen LogP contribution in [-0.4, -0.2) is 16.3 Å². The second-order valence-corrected chi connectivity index (χ2v) is 3.83. The summed E-state index contributed by atoms with van der Waals surface area (Å²) in [5.41, 5.74) is 1.21. The number of rotatable bonds is 5. The summed E-state index contributed by atoms with van der Waals surface area (Å²) in [7, 11) is 1.91. The molecule has 0 bridgehead atoms. The molecule has 0 radical (unpaired) electrons. The van der Waals surface area contributed by atoms with E-state index >= 15 is 0 Å². The first kappa shape index (κ1) is 11.4. The van der Waals surface area contributed by atoms with Gasteiger partial charge in [0.2, 0.25) is 5.76 Å². The van der Waals surface area contributed by atoms with E-state index in [1.54, 1.807) is 10.7 Å². The Morgan fingerprint density at radius 3 is 3.06 bits per heavy atom. The lowest BCUT2D eigenvalue weighted by Crippen LogP contribution is -2.16. The number of nitriles is 1. The maximum atomic E-state index is 8.60. The largest absolute Gasteiger partial charge is 0.449 e. The first-order valence-electron chi connectivity index (χ1n) is 5.45. The van der Waals surface area contributed by atoms with Crippen LogP contribution in [0.5, 0.6) is 0 Å². The molecule has 2 aromatic heterocycles. The highest BCUT2D eigenvalue weighted by atomic mass is 16.3. The number of hydrogen-bond acceptors (Lipinski definition) is 4. The third kappa shape index (κ3) is 3.20. The number of furan rings is 1. The average Bonchev–Trinajstić information content (AvgIpc) is 2.93. The predicted octanol–water partition coefficient (Wildman–Crippen LogP) is 1.22. The van der Waals surface area contributed by atoms with Gasteiger partial charge in [0.15, 0.2) is 0 Å². The lowest BCUT2D eigenvalue weighted by molar-refractivity contribution is 0.475. The van der Waals surface area contributed by atoms with Gasteiger partial charge >= 0.3 is 0 Å². The molecule has 0 saturated carbocycles. The third-order valence-corrected chi connectivity index (χ3v) is 2.42. The van der Waals surface area contributed by atoms with E-state index in [1.165, 1.54) is 5.56 Å². The summed E-state index contributed by atoms with van der Waals surface area (Å²) in [6, 6.07) is 5.45. The summed E-state index contributed by atoms with van der Waals surface area (Å²) in [4.78, 5) is 0. The van der Waals surface area contributed by atoms with Gasteiger partial charge in [0.05, 0.1) is 12.7 Å². The molecule has 88 valence electrons. The SMILES string of the molecule is Cn1cc(CCNCc2ccc(C#N)o2)cn1. The normalized spacial score (nSPS) is 10.4. The summed E-state index contributed by atoms with van der Waals surface area (Å²) in [6.45, 7) is 1.50. The van der Waals surface area contributed by atoms with E-state index < -0.39 is 0 Å². The molecule has 0 atom stereocenters. The molecule has 0 fully saturated rings. The number of nitrogens with one attached hydrogen (secondary N) is 1. The molecular weight excluding hydrogens is 216 g/mol. The van der Waals surface area contributed by atoms with Crippen molar-refractivity contribution in [3.8, 4) is 6.07 Å². The molecule has 0 saturated heterocycles. The monoisotopic (exact) mass is 230 g/mol. The molecule has 2 rings (SSSR count). The number of aryl methyl sites for hydroxylation is 1. The molecule has 17 heavy (non-hydrogen) atoms. The molecule has 2 aromatic rings. The Morgan fingerprint density at radius 1 is 1.53 bits per heavy atom. The van der Waals surface area contributed by atoms with Crippen molar-refractivity contribution in [1.82, 2.24) is 15.1 Å². The fourth-order valence-corrected chi connectivity index (χ4v) is 1.58. The summed E-state index contributed by atoms with van der Waals surface area (Å²) in [5, 5.41) is 16.0. The zero-order valence-electron chi connectivity index (χ0n) is 9.68. The minimum atomic E-state index is 0.356. The predicted molar refractivity (Wildman–Crippen MR) is 62.0 cm³/mol. The fourth-order valence-electron chi connectivity index (χ4n) is 1.58. The van der Waals surface area contributed by atoms with Gasteiger partial charge in [-0.05, 0) is 30.7 Å². The Balaban J connectivity index is 1.71. The molecular formula is C12H14N4O. The Labute approximate surface area is 99.7 Å². The fraction of sp³-hybridized carbons (Fsp3) is 0.333. The quantitative estimate of drug-likeness (QED) is 0.784. The maximum Gasteiger partial charge on any atom is 0.203 e. The zero-order chi connectivity index (χ0) is 12.1. The van der Waals surface area contributed by atoms with E-state index in [1.807, 2.05) is 31.6 Å². The van der Waals surface area contributed by atoms with Crippen LogP contribution in [0.1, 0.15) is 17.1 Å². The van der Waals surface area contributed by atoms with Crippen molar-refractivity contribution in [3.05, 3.63) is 41.6 Å². The lowest BCUT2D eigenvalue weighted by atomic mass is 10.2. The molecule has 1 N–H and O–H groups in total. The average molecular weight is 230 g/mol. The van der Waals surface area contributed by atoms with E-state index in [9.17, 15) is 0 Å². The van der Waals surface area contributed by atoms with Crippen molar-refractivity contribution in [2.75, 3.05) is 6.54 Å². The van der Waals surface area contributed by atoms with E-state index in [0.717, 1.165) is 18.7 Å². The highest BCUT2D eigenvalue weighted by Gasteiger charge is 2.00. The minimum Gasteiger partial charge on any atom is -0.449 e. The Kier molecular flexibility index (Phi) is 3.58. The van der Waals surface area contributed by atoms with Crippen molar-refractivity contribution < 1.29 is 4.42 Å². The standard InChI is InChI=1S/C12H14N4O/c1-16-9-10(7-15-16)4-5-14-8-12-3-2-11(6-13)17-12/h2-3,7,9,14H,4-5,8H2,1H3.